The molecule has 1 heterocycles. The van der Waals surface area contributed by atoms with Crippen LogP contribution < -0.4 is 10.2 Å². The molecule has 0 aromatic carbocycles. The Labute approximate surface area is 101 Å². The van der Waals surface area contributed by atoms with Gasteiger partial charge in [-0.25, -0.2) is 13.8 Å². The van der Waals surface area contributed by atoms with E-state index < -0.39 is 11.6 Å². The average Bonchev–Trinajstić information content (AvgIpc) is 2.25. The molecule has 3 nitrogen and oxygen atoms in total. The van der Waals surface area contributed by atoms with Crippen molar-refractivity contribution in [1.29, 1.82) is 0 Å². The van der Waals surface area contributed by atoms with Crippen molar-refractivity contribution >= 4 is 5.82 Å². The minimum absolute atomic E-state index is 0.208. The van der Waals surface area contributed by atoms with E-state index in [4.69, 9.17) is 0 Å². The molecule has 1 N–H and O–H groups in total. The normalized spacial score (nSPS) is 10.9. The van der Waals surface area contributed by atoms with Crippen LogP contribution in [0.25, 0.3) is 0 Å². The number of halogens is 2. The predicted molar refractivity (Wildman–Crippen MR) is 65.2 cm³/mol. The number of hydrogen-bond acceptors (Lipinski definition) is 3. The van der Waals surface area contributed by atoms with Crippen molar-refractivity contribution in [3.8, 4) is 0 Å². The third kappa shape index (κ3) is 4.26. The van der Waals surface area contributed by atoms with E-state index in [0.717, 1.165) is 18.8 Å². The molecule has 0 fully saturated rings. The number of rotatable bonds is 6. The molecule has 1 aromatic rings. The summed E-state index contributed by atoms with van der Waals surface area (Å²) in [5, 5.41) is 3.24. The van der Waals surface area contributed by atoms with Crippen LogP contribution in [0.15, 0.2) is 12.3 Å². The van der Waals surface area contributed by atoms with Gasteiger partial charge in [-0.2, -0.15) is 0 Å². The first-order valence-corrected chi connectivity index (χ1v) is 5.84. The Morgan fingerprint density at radius 2 is 2.12 bits per heavy atom. The number of nitrogens with one attached hydrogen (secondary N) is 1. The quantitative estimate of drug-likeness (QED) is 0.830. The average molecular weight is 243 g/mol. The minimum atomic E-state index is -0.650. The Morgan fingerprint density at radius 3 is 2.65 bits per heavy atom. The van der Waals surface area contributed by atoms with Gasteiger partial charge in [-0.1, -0.05) is 13.8 Å². The van der Waals surface area contributed by atoms with Crippen molar-refractivity contribution in [2.75, 3.05) is 24.5 Å². The van der Waals surface area contributed by atoms with Crippen molar-refractivity contribution in [3.63, 3.8) is 0 Å². The molecule has 0 bridgehead atoms. The van der Waals surface area contributed by atoms with E-state index in [9.17, 15) is 8.78 Å². The van der Waals surface area contributed by atoms with Gasteiger partial charge in [0.2, 0.25) is 0 Å². The molecule has 0 saturated heterocycles. The number of anilines is 1. The highest BCUT2D eigenvalue weighted by atomic mass is 19.1. The summed E-state index contributed by atoms with van der Waals surface area (Å²) in [6, 6.07) is 1.25. The van der Waals surface area contributed by atoms with Crippen molar-refractivity contribution in [2.24, 2.45) is 0 Å². The molecule has 0 atom stereocenters. The van der Waals surface area contributed by atoms with Gasteiger partial charge in [-0.05, 0) is 6.92 Å². The molecule has 0 saturated carbocycles. The van der Waals surface area contributed by atoms with Gasteiger partial charge in [0.15, 0.2) is 11.6 Å². The smallest absolute Gasteiger partial charge is 0.168 e. The van der Waals surface area contributed by atoms with E-state index in [1.165, 1.54) is 0 Å². The molecule has 0 aliphatic rings. The molecule has 96 valence electrons. The zero-order valence-electron chi connectivity index (χ0n) is 10.5. The summed E-state index contributed by atoms with van der Waals surface area (Å²) in [5.74, 6) is -1.06. The Bertz CT molecular complexity index is 356. The topological polar surface area (TPSA) is 28.2 Å². The molecule has 0 aliphatic carbocycles. The number of aromatic nitrogens is 1. The molecule has 1 aromatic heterocycles. The summed E-state index contributed by atoms with van der Waals surface area (Å²) in [5.41, 5.74) is 0. The molecular weight excluding hydrogens is 224 g/mol. The van der Waals surface area contributed by atoms with E-state index in [1.807, 2.05) is 20.8 Å². The fourth-order valence-electron chi connectivity index (χ4n) is 1.54. The zero-order valence-corrected chi connectivity index (χ0v) is 10.5. The van der Waals surface area contributed by atoms with Crippen LogP contribution in [0.4, 0.5) is 14.6 Å². The van der Waals surface area contributed by atoms with Crippen molar-refractivity contribution < 1.29 is 8.78 Å². The largest absolute Gasteiger partial charge is 0.353 e. The molecule has 0 spiro atoms. The first-order chi connectivity index (χ1) is 8.04. The van der Waals surface area contributed by atoms with E-state index in [0.29, 0.717) is 19.1 Å². The highest BCUT2D eigenvalue weighted by Gasteiger charge is 2.12. The van der Waals surface area contributed by atoms with Crippen LogP contribution in [0.1, 0.15) is 20.8 Å². The molecular formula is C12H19F2N3. The molecule has 0 radical (unpaired) electrons. The number of hydrogen-bond donors (Lipinski definition) is 1. The fourth-order valence-corrected chi connectivity index (χ4v) is 1.54. The minimum Gasteiger partial charge on any atom is -0.353 e. The van der Waals surface area contributed by atoms with E-state index in [2.05, 4.69) is 10.3 Å². The number of pyridine rings is 1. The second-order valence-corrected chi connectivity index (χ2v) is 4.15. The van der Waals surface area contributed by atoms with Crippen LogP contribution >= 0.6 is 0 Å². The zero-order chi connectivity index (χ0) is 12.8. The van der Waals surface area contributed by atoms with Crippen LogP contribution in [-0.2, 0) is 0 Å². The van der Waals surface area contributed by atoms with E-state index in [1.54, 1.807) is 4.90 Å². The van der Waals surface area contributed by atoms with Gasteiger partial charge in [0, 0.05) is 31.7 Å². The lowest BCUT2D eigenvalue weighted by atomic mass is 10.3. The molecule has 1 rings (SSSR count). The van der Waals surface area contributed by atoms with Gasteiger partial charge >= 0.3 is 0 Å². The van der Waals surface area contributed by atoms with E-state index in [-0.39, 0.29) is 5.82 Å². The van der Waals surface area contributed by atoms with Crippen molar-refractivity contribution in [2.45, 2.75) is 26.8 Å². The predicted octanol–water partition coefficient (Wildman–Crippen LogP) is 2.18. The van der Waals surface area contributed by atoms with Crippen LogP contribution in [0, 0.1) is 11.6 Å². The molecule has 5 heteroatoms. The lowest BCUT2D eigenvalue weighted by Crippen LogP contribution is -2.35. The summed E-state index contributed by atoms with van der Waals surface area (Å²) in [6.45, 7) is 8.03. The summed E-state index contributed by atoms with van der Waals surface area (Å²) in [4.78, 5) is 5.58. The first kappa shape index (κ1) is 13.8. The molecule has 0 amide bonds. The monoisotopic (exact) mass is 243 g/mol. The summed E-state index contributed by atoms with van der Waals surface area (Å²) in [7, 11) is 0. The standard InChI is InChI=1S/C12H19F2N3/c1-4-17(6-5-15-9(2)3)12-11(14)7-10(13)8-16-12/h7-9,15H,4-6H2,1-3H3. The Kier molecular flexibility index (Phi) is 5.28. The van der Waals surface area contributed by atoms with Gasteiger partial charge < -0.3 is 10.2 Å². The Hall–Kier alpha value is -1.23. The maximum atomic E-state index is 13.5. The highest BCUT2D eigenvalue weighted by Crippen LogP contribution is 2.15. The van der Waals surface area contributed by atoms with Crippen molar-refractivity contribution in [1.82, 2.24) is 10.3 Å². The number of likely N-dealkylation sites (N-methyl/N-ethyl adjacent to an activating group) is 1. The molecule has 17 heavy (non-hydrogen) atoms. The fraction of sp³-hybridized carbons (Fsp3) is 0.583. The SMILES string of the molecule is CCN(CCNC(C)C)c1ncc(F)cc1F. The second kappa shape index (κ2) is 6.49. The lowest BCUT2D eigenvalue weighted by Gasteiger charge is -2.23. The van der Waals surface area contributed by atoms with Crippen LogP contribution in [0.3, 0.4) is 0 Å². The van der Waals surface area contributed by atoms with Gasteiger partial charge in [0.25, 0.3) is 0 Å². The molecule has 0 aliphatic heterocycles. The Balaban J connectivity index is 2.66. The summed E-state index contributed by atoms with van der Waals surface area (Å²) >= 11 is 0. The summed E-state index contributed by atoms with van der Waals surface area (Å²) in [6.07, 6.45) is 1.04. The molecule has 0 unspecified atom stereocenters. The van der Waals surface area contributed by atoms with Crippen LogP contribution in [-0.4, -0.2) is 30.7 Å². The van der Waals surface area contributed by atoms with Crippen LogP contribution in [0.5, 0.6) is 0 Å². The van der Waals surface area contributed by atoms with Gasteiger partial charge in [0.1, 0.15) is 5.82 Å². The van der Waals surface area contributed by atoms with E-state index >= 15 is 0 Å². The van der Waals surface area contributed by atoms with Gasteiger partial charge in [-0.3, -0.25) is 0 Å². The highest BCUT2D eigenvalue weighted by molar-refractivity contribution is 5.39. The van der Waals surface area contributed by atoms with Gasteiger partial charge in [0.05, 0.1) is 6.20 Å². The Morgan fingerprint density at radius 1 is 1.41 bits per heavy atom. The second-order valence-electron chi connectivity index (χ2n) is 4.15. The number of nitrogens with zero attached hydrogens (tertiary/aromatic N) is 2. The lowest BCUT2D eigenvalue weighted by molar-refractivity contribution is 0.555. The van der Waals surface area contributed by atoms with Gasteiger partial charge in [-0.15, -0.1) is 0 Å². The summed E-state index contributed by atoms with van der Waals surface area (Å²) < 4.78 is 26.2. The van der Waals surface area contributed by atoms with Crippen molar-refractivity contribution in [3.05, 3.63) is 23.9 Å². The van der Waals surface area contributed by atoms with Crippen LogP contribution in [0.2, 0.25) is 0 Å². The third-order valence-corrected chi connectivity index (χ3v) is 2.40. The maximum absolute atomic E-state index is 13.5. The first-order valence-electron chi connectivity index (χ1n) is 5.84. The third-order valence-electron chi connectivity index (χ3n) is 2.40. The maximum Gasteiger partial charge on any atom is 0.168 e.